The second-order valence-electron chi connectivity index (χ2n) is 6.38. The fourth-order valence-electron chi connectivity index (χ4n) is 2.21. The second-order valence-corrected chi connectivity index (χ2v) is 8.44. The maximum absolute atomic E-state index is 13.1. The van der Waals surface area contributed by atoms with Crippen LogP contribution in [0.25, 0.3) is 21.1 Å². The van der Waals surface area contributed by atoms with Crippen LogP contribution in [0.15, 0.2) is 54.1 Å². The maximum atomic E-state index is 13.1. The molecule has 3 rings (SSSR count). The van der Waals surface area contributed by atoms with E-state index in [1.54, 1.807) is 38.8 Å². The van der Waals surface area contributed by atoms with Gasteiger partial charge >= 0.3 is 0 Å². The highest BCUT2D eigenvalue weighted by molar-refractivity contribution is 7.21. The van der Waals surface area contributed by atoms with E-state index in [2.05, 4.69) is 31.3 Å². The highest BCUT2D eigenvalue weighted by atomic mass is 32.1. The van der Waals surface area contributed by atoms with Crippen molar-refractivity contribution in [3.63, 3.8) is 0 Å². The summed E-state index contributed by atoms with van der Waals surface area (Å²) < 4.78 is 22.4. The summed E-state index contributed by atoms with van der Waals surface area (Å²) in [6.07, 6.45) is 4.00. The van der Waals surface area contributed by atoms with Crippen LogP contribution in [0.4, 0.5) is 4.39 Å². The number of nitrogens with one attached hydrogen (secondary N) is 1. The molecule has 1 N–H and O–H groups in total. The number of benzene rings is 1. The molecule has 0 aliphatic rings. The number of thiazole rings is 2. The zero-order valence-corrected chi connectivity index (χ0v) is 21.4. The van der Waals surface area contributed by atoms with Crippen molar-refractivity contribution >= 4 is 28.6 Å². The van der Waals surface area contributed by atoms with Gasteiger partial charge in [-0.3, -0.25) is 4.79 Å². The number of carbonyl (C=O) groups is 1. The lowest BCUT2D eigenvalue weighted by molar-refractivity contribution is 0.0959. The molecule has 1 aromatic carbocycles. The van der Waals surface area contributed by atoms with Gasteiger partial charge < -0.3 is 14.8 Å². The van der Waals surface area contributed by atoms with E-state index in [9.17, 15) is 9.18 Å². The Balaban J connectivity index is 0.000000415. The van der Waals surface area contributed by atoms with Gasteiger partial charge in [-0.1, -0.05) is 18.7 Å². The molecule has 0 spiro atoms. The number of nitrogens with zero attached hydrogens (tertiary/aromatic N) is 2. The molecule has 2 heterocycles. The van der Waals surface area contributed by atoms with Crippen LogP contribution in [0.5, 0.6) is 0 Å². The Morgan fingerprint density at radius 2 is 1.82 bits per heavy atom. The Hall–Kier alpha value is -2.88. The predicted octanol–water partition coefficient (Wildman–Crippen LogP) is 6.12. The number of ether oxygens (including phenoxy) is 2. The van der Waals surface area contributed by atoms with Gasteiger partial charge in [-0.25, -0.2) is 14.4 Å². The number of carbonyl (C=O) groups excluding carboxylic acids is 1. The predicted molar refractivity (Wildman–Crippen MR) is 135 cm³/mol. The van der Waals surface area contributed by atoms with Gasteiger partial charge in [-0.05, 0) is 45.0 Å². The van der Waals surface area contributed by atoms with Crippen molar-refractivity contribution < 1.29 is 18.7 Å². The first-order valence-corrected chi connectivity index (χ1v) is 11.7. The van der Waals surface area contributed by atoms with Crippen molar-refractivity contribution in [3.05, 3.63) is 70.7 Å². The third-order valence-electron chi connectivity index (χ3n) is 3.94. The number of aryl methyl sites for hydroxylation is 1. The molecule has 0 fully saturated rings. The Kier molecular flexibility index (Phi) is 12.8. The lowest BCUT2D eigenvalue weighted by atomic mass is 10.1. The minimum atomic E-state index is -0.284. The van der Waals surface area contributed by atoms with Crippen molar-refractivity contribution in [3.8, 4) is 21.1 Å². The monoisotopic (exact) mass is 491 g/mol. The summed E-state index contributed by atoms with van der Waals surface area (Å²) in [5.74, 6) is 0.156. The van der Waals surface area contributed by atoms with Crippen molar-refractivity contribution in [1.82, 2.24) is 15.3 Å². The molecule has 0 atom stereocenters. The number of hydrogen-bond donors (Lipinski definition) is 1. The molecule has 9 heteroatoms. The Labute approximate surface area is 202 Å². The average Bonchev–Trinajstić information content (AvgIpc) is 3.46. The molecule has 178 valence electrons. The van der Waals surface area contributed by atoms with Crippen LogP contribution < -0.4 is 5.32 Å². The third kappa shape index (κ3) is 9.25. The smallest absolute Gasteiger partial charge is 0.270 e. The fraction of sp³-hybridized carbons (Fsp3) is 0.292. The van der Waals surface area contributed by atoms with E-state index in [1.807, 2.05) is 32.9 Å². The summed E-state index contributed by atoms with van der Waals surface area (Å²) in [5, 5.41) is 5.91. The molecule has 0 aliphatic heterocycles. The molecule has 6 nitrogen and oxygen atoms in total. The normalized spacial score (nSPS) is 10.0. The standard InChI is InChI=1S/C15H12FN3OS2.C5H10O2.C4H8/c1-8-18-12(9-3-5-10(16)6-4-9)13(22-8)15-19-11(7-21-15)14(20)17-2;1-5(7-3)4-6-2;1-3-4-2/h3-7H,1-2H3,(H,17,20);1,4H2,2-3H3;3-4H,1-2H3/b;;4-3+. The summed E-state index contributed by atoms with van der Waals surface area (Å²) in [6, 6.07) is 6.21. The molecule has 0 bridgehead atoms. The van der Waals surface area contributed by atoms with Crippen LogP contribution in [0.2, 0.25) is 0 Å². The first kappa shape index (κ1) is 28.2. The van der Waals surface area contributed by atoms with Crippen LogP contribution >= 0.6 is 22.7 Å². The van der Waals surface area contributed by atoms with Gasteiger partial charge in [0.2, 0.25) is 0 Å². The molecular weight excluding hydrogens is 461 g/mol. The van der Waals surface area contributed by atoms with Crippen LogP contribution in [0.3, 0.4) is 0 Å². The van der Waals surface area contributed by atoms with Gasteiger partial charge in [0.15, 0.2) is 0 Å². The van der Waals surface area contributed by atoms with Gasteiger partial charge in [0.05, 0.1) is 22.7 Å². The molecule has 0 aliphatic carbocycles. The highest BCUT2D eigenvalue weighted by Crippen LogP contribution is 2.38. The Bertz CT molecular complexity index is 1040. The molecule has 1 amide bonds. The van der Waals surface area contributed by atoms with E-state index in [0.717, 1.165) is 26.1 Å². The average molecular weight is 492 g/mol. The minimum absolute atomic E-state index is 0.216. The first-order chi connectivity index (χ1) is 15.8. The molecule has 0 saturated heterocycles. The molecule has 0 radical (unpaired) electrons. The van der Waals surface area contributed by atoms with Crippen molar-refractivity contribution in [2.75, 3.05) is 27.9 Å². The van der Waals surface area contributed by atoms with Crippen LogP contribution in [-0.4, -0.2) is 43.7 Å². The number of methoxy groups -OCH3 is 2. The lowest BCUT2D eigenvalue weighted by Gasteiger charge is -2.00. The van der Waals surface area contributed by atoms with Gasteiger partial charge in [-0.15, -0.1) is 22.7 Å². The highest BCUT2D eigenvalue weighted by Gasteiger charge is 2.18. The van der Waals surface area contributed by atoms with Gasteiger partial charge in [-0.2, -0.15) is 0 Å². The summed E-state index contributed by atoms with van der Waals surface area (Å²) in [7, 11) is 4.74. The first-order valence-electron chi connectivity index (χ1n) is 10.0. The van der Waals surface area contributed by atoms with Crippen LogP contribution in [0.1, 0.15) is 29.3 Å². The molecule has 3 aromatic rings. The van der Waals surface area contributed by atoms with Gasteiger partial charge in [0.25, 0.3) is 5.91 Å². The van der Waals surface area contributed by atoms with E-state index < -0.39 is 0 Å². The Morgan fingerprint density at radius 1 is 1.18 bits per heavy atom. The number of halogens is 1. The summed E-state index contributed by atoms with van der Waals surface area (Å²) >= 11 is 2.91. The maximum Gasteiger partial charge on any atom is 0.270 e. The SMILES string of the molecule is C/C=C/C.C=C(COC)OC.CNC(=O)c1csc(-c2sc(C)nc2-c2ccc(F)cc2)n1. The van der Waals surface area contributed by atoms with Crippen molar-refractivity contribution in [2.45, 2.75) is 20.8 Å². The van der Waals surface area contributed by atoms with Gasteiger partial charge in [0, 0.05) is 25.1 Å². The van der Waals surface area contributed by atoms with Crippen LogP contribution in [-0.2, 0) is 9.47 Å². The van der Waals surface area contributed by atoms with E-state index in [4.69, 9.17) is 0 Å². The molecule has 0 saturated carbocycles. The number of allylic oxidation sites excluding steroid dienone is 2. The summed E-state index contributed by atoms with van der Waals surface area (Å²) in [6.45, 7) is 9.91. The van der Waals surface area contributed by atoms with Gasteiger partial charge in [0.1, 0.15) is 28.9 Å². The molecule has 33 heavy (non-hydrogen) atoms. The Morgan fingerprint density at radius 3 is 2.30 bits per heavy atom. The van der Waals surface area contributed by atoms with E-state index in [-0.39, 0.29) is 11.7 Å². The van der Waals surface area contributed by atoms with E-state index >= 15 is 0 Å². The second kappa shape index (κ2) is 15.0. The van der Waals surface area contributed by atoms with Crippen molar-refractivity contribution in [2.24, 2.45) is 0 Å². The molecule has 0 unspecified atom stereocenters. The summed E-state index contributed by atoms with van der Waals surface area (Å²) in [4.78, 5) is 21.4. The van der Waals surface area contributed by atoms with E-state index in [1.165, 1.54) is 34.8 Å². The zero-order valence-electron chi connectivity index (χ0n) is 19.8. The van der Waals surface area contributed by atoms with Crippen molar-refractivity contribution in [1.29, 1.82) is 0 Å². The number of amides is 1. The van der Waals surface area contributed by atoms with Crippen LogP contribution in [0, 0.1) is 12.7 Å². The number of aromatic nitrogens is 2. The zero-order chi connectivity index (χ0) is 24.8. The fourth-order valence-corrected chi connectivity index (χ4v) is 4.04. The number of rotatable bonds is 6. The quantitative estimate of drug-likeness (QED) is 0.332. The topological polar surface area (TPSA) is 73.3 Å². The minimum Gasteiger partial charge on any atom is -0.499 e. The van der Waals surface area contributed by atoms with E-state index in [0.29, 0.717) is 18.1 Å². The number of hydrogen-bond acceptors (Lipinski definition) is 7. The largest absolute Gasteiger partial charge is 0.499 e. The lowest BCUT2D eigenvalue weighted by Crippen LogP contribution is -2.17. The molecular formula is C24H30FN3O3S2. The summed E-state index contributed by atoms with van der Waals surface area (Å²) in [5.41, 5.74) is 1.98. The third-order valence-corrected chi connectivity index (χ3v) is 5.90. The molecule has 2 aromatic heterocycles.